The van der Waals surface area contributed by atoms with Crippen molar-refractivity contribution >= 4 is 17.9 Å². The Morgan fingerprint density at radius 2 is 1.52 bits per heavy atom. The zero-order valence-electron chi connectivity index (χ0n) is 17.5. The van der Waals surface area contributed by atoms with Gasteiger partial charge in [-0.25, -0.2) is 4.79 Å². The van der Waals surface area contributed by atoms with Gasteiger partial charge in [0.2, 0.25) is 6.79 Å². The lowest BCUT2D eigenvalue weighted by atomic mass is 9.83. The average molecular weight is 439 g/mol. The fourth-order valence-corrected chi connectivity index (χ4v) is 3.24. The number of rotatable bonds is 11. The second kappa shape index (κ2) is 11.1. The summed E-state index contributed by atoms with van der Waals surface area (Å²) in [5, 5.41) is 11.9. The summed E-state index contributed by atoms with van der Waals surface area (Å²) in [5.74, 6) is -4.77. The van der Waals surface area contributed by atoms with E-state index < -0.39 is 47.1 Å². The lowest BCUT2D eigenvalue weighted by molar-refractivity contribution is -0.515. The summed E-state index contributed by atoms with van der Waals surface area (Å²) in [7, 11) is 0. The Bertz CT molecular complexity index is 806. The van der Waals surface area contributed by atoms with Crippen LogP contribution >= 0.6 is 0 Å². The highest BCUT2D eigenvalue weighted by molar-refractivity contribution is 5.95. The molecule has 1 aromatic carbocycles. The van der Waals surface area contributed by atoms with Gasteiger partial charge < -0.3 is 23.7 Å². The topological polar surface area (TPSA) is 140 Å². The molecule has 2 atom stereocenters. The second-order valence-electron chi connectivity index (χ2n) is 6.49. The fraction of sp³-hybridized carbons (Fsp3) is 0.550. The molecule has 0 aliphatic carbocycles. The molecule has 1 aliphatic heterocycles. The Balaban J connectivity index is 2.50. The van der Waals surface area contributed by atoms with E-state index in [-0.39, 0.29) is 26.6 Å². The van der Waals surface area contributed by atoms with Crippen molar-refractivity contribution in [1.82, 2.24) is 0 Å². The molecule has 1 heterocycles. The minimum Gasteiger partial charge on any atom is -0.465 e. The van der Waals surface area contributed by atoms with Crippen molar-refractivity contribution in [2.24, 2.45) is 5.92 Å². The van der Waals surface area contributed by atoms with Crippen LogP contribution in [0.3, 0.4) is 0 Å². The molecule has 11 heteroatoms. The number of esters is 3. The van der Waals surface area contributed by atoms with Crippen molar-refractivity contribution in [1.29, 1.82) is 0 Å². The number of carbonyl (C=O) groups excluding carboxylic acids is 3. The lowest BCUT2D eigenvalue weighted by Gasteiger charge is -2.23. The van der Waals surface area contributed by atoms with Crippen LogP contribution in [0.25, 0.3) is 0 Å². The molecule has 1 aromatic rings. The van der Waals surface area contributed by atoms with E-state index in [9.17, 15) is 24.5 Å². The van der Waals surface area contributed by atoms with Crippen molar-refractivity contribution in [3.05, 3.63) is 33.9 Å². The maximum absolute atomic E-state index is 12.5. The molecular formula is C20H25NO10. The predicted octanol–water partition coefficient (Wildman–Crippen LogP) is 1.84. The minimum absolute atomic E-state index is 0.0000297. The molecule has 11 nitrogen and oxygen atoms in total. The van der Waals surface area contributed by atoms with Gasteiger partial charge in [0, 0.05) is 4.92 Å². The quantitative estimate of drug-likeness (QED) is 0.165. The van der Waals surface area contributed by atoms with Crippen molar-refractivity contribution in [2.75, 3.05) is 26.6 Å². The van der Waals surface area contributed by atoms with Crippen LogP contribution in [0.4, 0.5) is 0 Å². The van der Waals surface area contributed by atoms with Crippen LogP contribution < -0.4 is 9.47 Å². The standard InChI is InChI=1S/C20H25NO10/c1-4-27-18(22)14(19(23)28-5-2)10-13(17(21(25)26)20(24)29-6-3)12-7-8-15-16(9-12)31-11-30-15/h7-9,13-14,17H,4-6,10-11H2,1-3H3/t13-,17-/m1/s1. The van der Waals surface area contributed by atoms with Gasteiger partial charge in [0.25, 0.3) is 0 Å². The SMILES string of the molecule is CCOC(=O)C(C[C@H](c1ccc2c(c1)OCO2)[C@H](C(=O)OCC)[N+](=O)[O-])C(=O)OCC. The van der Waals surface area contributed by atoms with Gasteiger partial charge in [0.05, 0.1) is 25.7 Å². The van der Waals surface area contributed by atoms with Gasteiger partial charge >= 0.3 is 23.9 Å². The smallest absolute Gasteiger partial charge is 0.382 e. The van der Waals surface area contributed by atoms with E-state index in [2.05, 4.69) is 0 Å². The summed E-state index contributed by atoms with van der Waals surface area (Å²) in [4.78, 5) is 48.4. The summed E-state index contributed by atoms with van der Waals surface area (Å²) in [6.07, 6.45) is -0.401. The third kappa shape index (κ3) is 5.83. The summed E-state index contributed by atoms with van der Waals surface area (Å²) in [6.45, 7) is 4.55. The van der Waals surface area contributed by atoms with E-state index in [1.165, 1.54) is 25.1 Å². The van der Waals surface area contributed by atoms with Gasteiger partial charge in [-0.15, -0.1) is 0 Å². The van der Waals surface area contributed by atoms with Crippen LogP contribution in [-0.4, -0.2) is 55.5 Å². The van der Waals surface area contributed by atoms with E-state index in [0.29, 0.717) is 17.1 Å². The first-order chi connectivity index (χ1) is 14.8. The Kier molecular flexibility index (Phi) is 8.59. The summed E-state index contributed by atoms with van der Waals surface area (Å²) in [6, 6.07) is 2.67. The highest BCUT2D eigenvalue weighted by Gasteiger charge is 2.45. The van der Waals surface area contributed by atoms with Crippen molar-refractivity contribution in [3.63, 3.8) is 0 Å². The van der Waals surface area contributed by atoms with E-state index in [1.54, 1.807) is 13.8 Å². The molecular weight excluding hydrogens is 414 g/mol. The van der Waals surface area contributed by atoms with Crippen LogP contribution in [0.1, 0.15) is 38.7 Å². The van der Waals surface area contributed by atoms with Crippen LogP contribution in [0.2, 0.25) is 0 Å². The van der Waals surface area contributed by atoms with Crippen molar-refractivity contribution < 1.29 is 43.0 Å². The Hall–Kier alpha value is -3.37. The normalized spacial score (nSPS) is 13.9. The number of hydrogen-bond acceptors (Lipinski definition) is 10. The van der Waals surface area contributed by atoms with E-state index in [0.717, 1.165) is 0 Å². The zero-order valence-corrected chi connectivity index (χ0v) is 17.5. The Labute approximate surface area is 178 Å². The number of ether oxygens (including phenoxy) is 5. The van der Waals surface area contributed by atoms with Crippen molar-refractivity contribution in [3.8, 4) is 11.5 Å². The molecule has 0 N–H and O–H groups in total. The number of carbonyl (C=O) groups is 3. The molecule has 0 saturated carbocycles. The zero-order chi connectivity index (χ0) is 23.0. The maximum atomic E-state index is 12.5. The molecule has 0 radical (unpaired) electrons. The third-order valence-electron chi connectivity index (χ3n) is 4.59. The third-order valence-corrected chi connectivity index (χ3v) is 4.59. The highest BCUT2D eigenvalue weighted by atomic mass is 16.7. The van der Waals surface area contributed by atoms with E-state index in [1.807, 2.05) is 0 Å². The van der Waals surface area contributed by atoms with Crippen LogP contribution in [0, 0.1) is 16.0 Å². The molecule has 2 rings (SSSR count). The van der Waals surface area contributed by atoms with Gasteiger partial charge in [-0.1, -0.05) is 6.07 Å². The average Bonchev–Trinajstić information content (AvgIpc) is 3.18. The van der Waals surface area contributed by atoms with Gasteiger partial charge in [-0.05, 0) is 44.9 Å². The molecule has 0 spiro atoms. The number of nitro groups is 1. The molecule has 31 heavy (non-hydrogen) atoms. The summed E-state index contributed by atoms with van der Waals surface area (Å²) < 4.78 is 25.4. The van der Waals surface area contributed by atoms with E-state index >= 15 is 0 Å². The predicted molar refractivity (Wildman–Crippen MR) is 104 cm³/mol. The molecule has 0 saturated heterocycles. The van der Waals surface area contributed by atoms with Gasteiger partial charge in [-0.3, -0.25) is 19.7 Å². The maximum Gasteiger partial charge on any atom is 0.382 e. The number of fused-ring (bicyclic) bond motifs is 1. The monoisotopic (exact) mass is 439 g/mol. The first kappa shape index (κ1) is 23.9. The first-order valence-corrected chi connectivity index (χ1v) is 9.86. The summed E-state index contributed by atoms with van der Waals surface area (Å²) >= 11 is 0. The number of nitrogens with zero attached hydrogens (tertiary/aromatic N) is 1. The van der Waals surface area contributed by atoms with E-state index in [4.69, 9.17) is 23.7 Å². The van der Waals surface area contributed by atoms with Crippen molar-refractivity contribution in [2.45, 2.75) is 39.2 Å². The van der Waals surface area contributed by atoms with Gasteiger partial charge in [0.1, 0.15) is 0 Å². The first-order valence-electron chi connectivity index (χ1n) is 9.86. The largest absolute Gasteiger partial charge is 0.465 e. The molecule has 0 amide bonds. The molecule has 170 valence electrons. The Morgan fingerprint density at radius 3 is 2.06 bits per heavy atom. The van der Waals surface area contributed by atoms with Crippen LogP contribution in [0.5, 0.6) is 11.5 Å². The molecule has 0 unspecified atom stereocenters. The number of hydrogen-bond donors (Lipinski definition) is 0. The Morgan fingerprint density at radius 1 is 0.968 bits per heavy atom. The molecule has 0 aromatic heterocycles. The molecule has 0 bridgehead atoms. The van der Waals surface area contributed by atoms with Crippen LogP contribution in [-0.2, 0) is 28.6 Å². The fourth-order valence-electron chi connectivity index (χ4n) is 3.24. The van der Waals surface area contributed by atoms with Gasteiger partial charge in [0.15, 0.2) is 17.4 Å². The minimum atomic E-state index is -1.87. The molecule has 0 fully saturated rings. The van der Waals surface area contributed by atoms with Gasteiger partial charge in [-0.2, -0.15) is 0 Å². The summed E-state index contributed by atoms with van der Waals surface area (Å²) in [5.41, 5.74) is 0.303. The highest BCUT2D eigenvalue weighted by Crippen LogP contribution is 2.38. The van der Waals surface area contributed by atoms with Crippen LogP contribution in [0.15, 0.2) is 18.2 Å². The molecule has 1 aliphatic rings. The lowest BCUT2D eigenvalue weighted by Crippen LogP contribution is -2.40. The second-order valence-corrected chi connectivity index (χ2v) is 6.49. The number of benzene rings is 1.